The maximum atomic E-state index is 12.2. The van der Waals surface area contributed by atoms with Gasteiger partial charge in [-0.15, -0.1) is 0 Å². The summed E-state index contributed by atoms with van der Waals surface area (Å²) in [5.41, 5.74) is 0.584. The Bertz CT molecular complexity index is 426. The van der Waals surface area contributed by atoms with Crippen LogP contribution >= 0.6 is 0 Å². The fourth-order valence-corrected chi connectivity index (χ4v) is 1.88. The smallest absolute Gasteiger partial charge is 0.410 e. The van der Waals surface area contributed by atoms with Gasteiger partial charge in [0.05, 0.1) is 19.1 Å². The number of nitrogens with one attached hydrogen (secondary N) is 1. The Kier molecular flexibility index (Phi) is 7.41. The Morgan fingerprint density at radius 2 is 2.14 bits per heavy atom. The SMILES string of the molecule is COCCN(CCNC(C)c1ccoc1)C(=O)OC(C)(C)C. The Hall–Kier alpha value is -1.53. The van der Waals surface area contributed by atoms with Gasteiger partial charge in [0.1, 0.15) is 5.60 Å². The van der Waals surface area contributed by atoms with Crippen LogP contribution in [0, 0.1) is 0 Å². The summed E-state index contributed by atoms with van der Waals surface area (Å²) in [5, 5.41) is 3.36. The highest BCUT2D eigenvalue weighted by atomic mass is 16.6. The number of methoxy groups -OCH3 is 1. The lowest BCUT2D eigenvalue weighted by molar-refractivity contribution is 0.0203. The van der Waals surface area contributed by atoms with E-state index in [1.165, 1.54) is 0 Å². The molecule has 1 N–H and O–H groups in total. The highest BCUT2D eigenvalue weighted by Crippen LogP contribution is 2.12. The van der Waals surface area contributed by atoms with Crippen molar-refractivity contribution in [1.29, 1.82) is 0 Å². The highest BCUT2D eigenvalue weighted by Gasteiger charge is 2.21. The van der Waals surface area contributed by atoms with Gasteiger partial charge in [-0.05, 0) is 33.8 Å². The topological polar surface area (TPSA) is 63.9 Å². The van der Waals surface area contributed by atoms with Crippen molar-refractivity contribution >= 4 is 6.09 Å². The second-order valence-electron chi connectivity index (χ2n) is 6.19. The Labute approximate surface area is 132 Å². The minimum Gasteiger partial charge on any atom is -0.472 e. The Balaban J connectivity index is 2.45. The van der Waals surface area contributed by atoms with Crippen LogP contribution in [0.4, 0.5) is 4.79 Å². The van der Waals surface area contributed by atoms with Crippen LogP contribution in [-0.4, -0.2) is 49.9 Å². The third-order valence-electron chi connectivity index (χ3n) is 3.09. The number of hydrogen-bond acceptors (Lipinski definition) is 5. The van der Waals surface area contributed by atoms with Crippen LogP contribution in [0.1, 0.15) is 39.3 Å². The van der Waals surface area contributed by atoms with Crippen LogP contribution < -0.4 is 5.32 Å². The fourth-order valence-electron chi connectivity index (χ4n) is 1.88. The number of hydrogen-bond donors (Lipinski definition) is 1. The van der Waals surface area contributed by atoms with Gasteiger partial charge in [-0.2, -0.15) is 0 Å². The maximum absolute atomic E-state index is 12.2. The summed E-state index contributed by atoms with van der Waals surface area (Å²) in [5.74, 6) is 0. The molecule has 0 spiro atoms. The van der Waals surface area contributed by atoms with Crippen molar-refractivity contribution in [1.82, 2.24) is 10.2 Å². The summed E-state index contributed by atoms with van der Waals surface area (Å²) in [4.78, 5) is 13.8. The van der Waals surface area contributed by atoms with Crippen molar-refractivity contribution in [2.75, 3.05) is 33.4 Å². The first-order valence-corrected chi connectivity index (χ1v) is 7.56. The molecule has 0 aliphatic heterocycles. The van der Waals surface area contributed by atoms with E-state index in [2.05, 4.69) is 12.2 Å². The average Bonchev–Trinajstić information content (AvgIpc) is 2.94. The predicted octanol–water partition coefficient (Wildman–Crippen LogP) is 2.81. The standard InChI is InChI=1S/C16H28N2O4/c1-13(14-6-10-21-12-14)17-7-8-18(9-11-20-5)15(19)22-16(2,3)4/h6,10,12-13,17H,7-9,11H2,1-5H3. The zero-order chi connectivity index (χ0) is 16.6. The second-order valence-corrected chi connectivity index (χ2v) is 6.19. The van der Waals surface area contributed by atoms with Gasteiger partial charge < -0.3 is 24.1 Å². The third-order valence-corrected chi connectivity index (χ3v) is 3.09. The molecule has 1 amide bonds. The molecule has 6 heteroatoms. The molecule has 6 nitrogen and oxygen atoms in total. The minimum atomic E-state index is -0.500. The van der Waals surface area contributed by atoms with E-state index in [0.717, 1.165) is 5.56 Å². The molecule has 0 radical (unpaired) electrons. The van der Waals surface area contributed by atoms with E-state index >= 15 is 0 Å². The Morgan fingerprint density at radius 1 is 1.41 bits per heavy atom. The molecule has 0 fully saturated rings. The number of carbonyl (C=O) groups excluding carboxylic acids is 1. The molecule has 0 saturated carbocycles. The first-order valence-electron chi connectivity index (χ1n) is 7.56. The number of rotatable bonds is 8. The van der Waals surface area contributed by atoms with Gasteiger partial charge in [0.15, 0.2) is 0 Å². The quantitative estimate of drug-likeness (QED) is 0.799. The largest absolute Gasteiger partial charge is 0.472 e. The molecule has 1 heterocycles. The van der Waals surface area contributed by atoms with E-state index in [0.29, 0.717) is 26.2 Å². The molecular formula is C16H28N2O4. The molecule has 0 saturated heterocycles. The number of furan rings is 1. The normalized spacial score (nSPS) is 13.0. The molecule has 1 aromatic heterocycles. The zero-order valence-corrected chi connectivity index (χ0v) is 14.2. The highest BCUT2D eigenvalue weighted by molar-refractivity contribution is 5.68. The fraction of sp³-hybridized carbons (Fsp3) is 0.688. The number of amides is 1. The first kappa shape index (κ1) is 18.5. The molecule has 126 valence electrons. The van der Waals surface area contributed by atoms with Gasteiger partial charge in [-0.25, -0.2) is 4.79 Å². The van der Waals surface area contributed by atoms with Gasteiger partial charge in [0, 0.05) is 38.3 Å². The van der Waals surface area contributed by atoms with E-state index in [1.807, 2.05) is 26.8 Å². The second kappa shape index (κ2) is 8.80. The molecule has 1 rings (SSSR count). The van der Waals surface area contributed by atoms with Crippen molar-refractivity contribution in [3.05, 3.63) is 24.2 Å². The van der Waals surface area contributed by atoms with Gasteiger partial charge in [-0.3, -0.25) is 0 Å². The predicted molar refractivity (Wildman–Crippen MR) is 84.8 cm³/mol. The molecule has 1 unspecified atom stereocenters. The number of ether oxygens (including phenoxy) is 2. The van der Waals surface area contributed by atoms with Crippen molar-refractivity contribution in [2.24, 2.45) is 0 Å². The third kappa shape index (κ3) is 6.95. The molecule has 0 aromatic carbocycles. The van der Waals surface area contributed by atoms with Gasteiger partial charge >= 0.3 is 6.09 Å². The van der Waals surface area contributed by atoms with Crippen LogP contribution in [0.3, 0.4) is 0 Å². The first-order chi connectivity index (χ1) is 10.3. The van der Waals surface area contributed by atoms with Crippen molar-refractivity contribution < 1.29 is 18.7 Å². The zero-order valence-electron chi connectivity index (χ0n) is 14.2. The molecule has 0 bridgehead atoms. The van der Waals surface area contributed by atoms with E-state index in [4.69, 9.17) is 13.9 Å². The Morgan fingerprint density at radius 3 is 2.68 bits per heavy atom. The van der Waals surface area contributed by atoms with E-state index in [1.54, 1.807) is 24.5 Å². The molecule has 1 aromatic rings. The summed E-state index contributed by atoms with van der Waals surface area (Å²) < 4.78 is 15.5. The van der Waals surface area contributed by atoms with Crippen LogP contribution in [-0.2, 0) is 9.47 Å². The monoisotopic (exact) mass is 312 g/mol. The van der Waals surface area contributed by atoms with Gasteiger partial charge in [-0.1, -0.05) is 0 Å². The van der Waals surface area contributed by atoms with E-state index < -0.39 is 5.60 Å². The van der Waals surface area contributed by atoms with Crippen molar-refractivity contribution in [3.8, 4) is 0 Å². The van der Waals surface area contributed by atoms with E-state index in [-0.39, 0.29) is 12.1 Å². The summed E-state index contributed by atoms with van der Waals surface area (Å²) >= 11 is 0. The number of nitrogens with zero attached hydrogens (tertiary/aromatic N) is 1. The van der Waals surface area contributed by atoms with Crippen LogP contribution in [0.15, 0.2) is 23.0 Å². The van der Waals surface area contributed by atoms with Gasteiger partial charge in [0.25, 0.3) is 0 Å². The van der Waals surface area contributed by atoms with Crippen molar-refractivity contribution in [2.45, 2.75) is 39.3 Å². The number of carbonyl (C=O) groups is 1. The molecule has 22 heavy (non-hydrogen) atoms. The maximum Gasteiger partial charge on any atom is 0.410 e. The lowest BCUT2D eigenvalue weighted by Crippen LogP contribution is -2.42. The van der Waals surface area contributed by atoms with E-state index in [9.17, 15) is 4.79 Å². The lowest BCUT2D eigenvalue weighted by atomic mass is 10.2. The average molecular weight is 312 g/mol. The van der Waals surface area contributed by atoms with Crippen LogP contribution in [0.2, 0.25) is 0 Å². The molecule has 1 atom stereocenters. The summed E-state index contributed by atoms with van der Waals surface area (Å²) in [6.45, 7) is 9.84. The van der Waals surface area contributed by atoms with Crippen molar-refractivity contribution in [3.63, 3.8) is 0 Å². The minimum absolute atomic E-state index is 0.168. The lowest BCUT2D eigenvalue weighted by Gasteiger charge is -2.27. The molecule has 0 aliphatic rings. The van der Waals surface area contributed by atoms with Gasteiger partial charge in [0.2, 0.25) is 0 Å². The summed E-state index contributed by atoms with van der Waals surface area (Å²) in [6, 6.07) is 2.09. The molecule has 0 aliphatic carbocycles. The summed E-state index contributed by atoms with van der Waals surface area (Å²) in [7, 11) is 1.62. The van der Waals surface area contributed by atoms with Crippen LogP contribution in [0.5, 0.6) is 0 Å². The summed E-state index contributed by atoms with van der Waals surface area (Å²) in [6.07, 6.45) is 3.05. The molecular weight excluding hydrogens is 284 g/mol. The van der Waals surface area contributed by atoms with Crippen LogP contribution in [0.25, 0.3) is 0 Å².